The average molecular weight is 367 g/mol. The van der Waals surface area contributed by atoms with Gasteiger partial charge in [0.1, 0.15) is 0 Å². The molecule has 140 valence electrons. The minimum atomic E-state index is -3.01. The van der Waals surface area contributed by atoms with E-state index < -0.39 is 12.5 Å². The molecule has 0 aromatic heterocycles. The summed E-state index contributed by atoms with van der Waals surface area (Å²) >= 11 is 0. The van der Waals surface area contributed by atoms with Gasteiger partial charge in [0.25, 0.3) is 5.91 Å². The van der Waals surface area contributed by atoms with Gasteiger partial charge >= 0.3 is 6.61 Å². The predicted molar refractivity (Wildman–Crippen MR) is 91.7 cm³/mol. The molecule has 0 atom stereocenters. The van der Waals surface area contributed by atoms with Crippen LogP contribution in [-0.2, 0) is 0 Å². The van der Waals surface area contributed by atoms with Crippen molar-refractivity contribution in [1.29, 1.82) is 0 Å². The van der Waals surface area contributed by atoms with E-state index in [1.54, 1.807) is 12.1 Å². The van der Waals surface area contributed by atoms with E-state index in [9.17, 15) is 13.6 Å². The highest BCUT2D eigenvalue weighted by molar-refractivity contribution is 6.04. The second-order valence-electron chi connectivity index (χ2n) is 5.00. The SMILES string of the molecule is CCOc1ccc(C(=O)Nc2ccc(OC)c(OC(F)F)c2)cc1OC. The Morgan fingerprint density at radius 1 is 1.00 bits per heavy atom. The summed E-state index contributed by atoms with van der Waals surface area (Å²) in [6.07, 6.45) is 0. The molecule has 1 amide bonds. The van der Waals surface area contributed by atoms with Crippen LogP contribution in [0.25, 0.3) is 0 Å². The fraction of sp³-hybridized carbons (Fsp3) is 0.278. The van der Waals surface area contributed by atoms with E-state index in [0.717, 1.165) is 0 Å². The number of hydrogen-bond donors (Lipinski definition) is 1. The fourth-order valence-electron chi connectivity index (χ4n) is 2.23. The molecular formula is C18H19F2NO5. The molecule has 6 nitrogen and oxygen atoms in total. The monoisotopic (exact) mass is 367 g/mol. The summed E-state index contributed by atoms with van der Waals surface area (Å²) in [6.45, 7) is -0.714. The van der Waals surface area contributed by atoms with Gasteiger partial charge in [-0.15, -0.1) is 0 Å². The van der Waals surface area contributed by atoms with Gasteiger partial charge < -0.3 is 24.3 Å². The number of rotatable bonds is 8. The fourth-order valence-corrected chi connectivity index (χ4v) is 2.23. The third-order valence-electron chi connectivity index (χ3n) is 3.36. The van der Waals surface area contributed by atoms with E-state index >= 15 is 0 Å². The molecule has 0 aliphatic carbocycles. The number of methoxy groups -OCH3 is 2. The van der Waals surface area contributed by atoms with Crippen molar-refractivity contribution in [2.24, 2.45) is 0 Å². The molecule has 0 fully saturated rings. The van der Waals surface area contributed by atoms with Gasteiger partial charge in [0.05, 0.1) is 20.8 Å². The van der Waals surface area contributed by atoms with Crippen LogP contribution in [0.3, 0.4) is 0 Å². The van der Waals surface area contributed by atoms with Crippen molar-refractivity contribution < 1.29 is 32.5 Å². The summed E-state index contributed by atoms with van der Waals surface area (Å²) < 4.78 is 44.9. The highest BCUT2D eigenvalue weighted by Gasteiger charge is 2.14. The van der Waals surface area contributed by atoms with Crippen molar-refractivity contribution in [2.75, 3.05) is 26.1 Å². The minimum absolute atomic E-state index is 0.131. The smallest absolute Gasteiger partial charge is 0.387 e. The number of alkyl halides is 2. The molecule has 2 aromatic rings. The molecule has 0 spiro atoms. The second kappa shape index (κ2) is 8.89. The summed E-state index contributed by atoms with van der Waals surface area (Å²) in [5.74, 6) is 0.440. The van der Waals surface area contributed by atoms with Gasteiger partial charge in [-0.2, -0.15) is 8.78 Å². The number of hydrogen-bond acceptors (Lipinski definition) is 5. The van der Waals surface area contributed by atoms with Crippen LogP contribution in [0.15, 0.2) is 36.4 Å². The molecule has 0 aliphatic rings. The number of carbonyl (C=O) groups excluding carboxylic acids is 1. The molecule has 8 heteroatoms. The molecule has 26 heavy (non-hydrogen) atoms. The summed E-state index contributed by atoms with van der Waals surface area (Å²) in [7, 11) is 2.80. The van der Waals surface area contributed by atoms with Crippen LogP contribution in [0.1, 0.15) is 17.3 Å². The minimum Gasteiger partial charge on any atom is -0.493 e. The Morgan fingerprint density at radius 3 is 2.31 bits per heavy atom. The summed E-state index contributed by atoms with van der Waals surface area (Å²) in [4.78, 5) is 12.4. The van der Waals surface area contributed by atoms with Gasteiger partial charge in [0.2, 0.25) is 0 Å². The zero-order chi connectivity index (χ0) is 19.1. The van der Waals surface area contributed by atoms with Gasteiger partial charge in [-0.1, -0.05) is 0 Å². The molecule has 1 N–H and O–H groups in total. The predicted octanol–water partition coefficient (Wildman–Crippen LogP) is 3.96. The Hall–Kier alpha value is -3.03. The first kappa shape index (κ1) is 19.3. The number of nitrogens with one attached hydrogen (secondary N) is 1. The van der Waals surface area contributed by atoms with E-state index in [2.05, 4.69) is 10.1 Å². The second-order valence-corrected chi connectivity index (χ2v) is 5.00. The summed E-state index contributed by atoms with van der Waals surface area (Å²) in [5.41, 5.74) is 0.594. The Bertz CT molecular complexity index is 767. The van der Waals surface area contributed by atoms with E-state index in [1.165, 1.54) is 38.5 Å². The molecule has 0 bridgehead atoms. The first-order valence-electron chi connectivity index (χ1n) is 7.73. The molecule has 0 heterocycles. The molecule has 0 saturated heterocycles. The van der Waals surface area contributed by atoms with Crippen LogP contribution < -0.4 is 24.3 Å². The van der Waals surface area contributed by atoms with Crippen molar-refractivity contribution in [3.63, 3.8) is 0 Å². The Morgan fingerprint density at radius 2 is 1.69 bits per heavy atom. The normalized spacial score (nSPS) is 10.4. The van der Waals surface area contributed by atoms with Gasteiger partial charge in [-0.25, -0.2) is 0 Å². The lowest BCUT2D eigenvalue weighted by molar-refractivity contribution is -0.0511. The van der Waals surface area contributed by atoms with E-state index in [1.807, 2.05) is 6.92 Å². The molecule has 0 aliphatic heterocycles. The highest BCUT2D eigenvalue weighted by Crippen LogP contribution is 2.32. The number of benzene rings is 2. The number of carbonyl (C=O) groups is 1. The van der Waals surface area contributed by atoms with Crippen molar-refractivity contribution in [3.8, 4) is 23.0 Å². The molecular weight excluding hydrogens is 348 g/mol. The van der Waals surface area contributed by atoms with Crippen molar-refractivity contribution in [3.05, 3.63) is 42.0 Å². The maximum absolute atomic E-state index is 12.5. The standard InChI is InChI=1S/C18H19F2NO5/c1-4-25-14-7-5-11(9-15(14)24-3)17(22)21-12-6-8-13(23-2)16(10-12)26-18(19)20/h5-10,18H,4H2,1-3H3,(H,21,22). The largest absolute Gasteiger partial charge is 0.493 e. The van der Waals surface area contributed by atoms with Crippen molar-refractivity contribution in [2.45, 2.75) is 13.5 Å². The lowest BCUT2D eigenvalue weighted by Gasteiger charge is -2.13. The topological polar surface area (TPSA) is 66.0 Å². The number of anilines is 1. The molecule has 0 saturated carbocycles. The average Bonchev–Trinajstić information content (AvgIpc) is 2.62. The Labute approximate surface area is 149 Å². The van der Waals surface area contributed by atoms with Gasteiger partial charge in [0, 0.05) is 17.3 Å². The summed E-state index contributed by atoms with van der Waals surface area (Å²) in [5, 5.41) is 2.61. The van der Waals surface area contributed by atoms with Gasteiger partial charge in [-0.3, -0.25) is 4.79 Å². The molecule has 0 unspecified atom stereocenters. The molecule has 0 radical (unpaired) electrons. The van der Waals surface area contributed by atoms with Crippen LogP contribution in [0.5, 0.6) is 23.0 Å². The van der Waals surface area contributed by atoms with Crippen LogP contribution in [-0.4, -0.2) is 33.3 Å². The maximum atomic E-state index is 12.5. The zero-order valence-electron chi connectivity index (χ0n) is 14.5. The first-order chi connectivity index (χ1) is 12.5. The highest BCUT2D eigenvalue weighted by atomic mass is 19.3. The Balaban J connectivity index is 2.21. The van der Waals surface area contributed by atoms with Crippen LogP contribution in [0.2, 0.25) is 0 Å². The quantitative estimate of drug-likeness (QED) is 0.765. The number of halogens is 2. The lowest BCUT2D eigenvalue weighted by Crippen LogP contribution is -2.13. The zero-order valence-corrected chi connectivity index (χ0v) is 14.5. The molecule has 2 rings (SSSR count). The van der Waals surface area contributed by atoms with Crippen LogP contribution in [0, 0.1) is 0 Å². The van der Waals surface area contributed by atoms with Crippen LogP contribution >= 0.6 is 0 Å². The summed E-state index contributed by atoms with van der Waals surface area (Å²) in [6, 6.07) is 8.92. The number of ether oxygens (including phenoxy) is 4. The lowest BCUT2D eigenvalue weighted by atomic mass is 10.1. The van der Waals surface area contributed by atoms with Crippen molar-refractivity contribution in [1.82, 2.24) is 0 Å². The van der Waals surface area contributed by atoms with Crippen LogP contribution in [0.4, 0.5) is 14.5 Å². The number of amides is 1. The van der Waals surface area contributed by atoms with E-state index in [4.69, 9.17) is 14.2 Å². The maximum Gasteiger partial charge on any atom is 0.387 e. The first-order valence-corrected chi connectivity index (χ1v) is 7.73. The molecule has 2 aromatic carbocycles. The van der Waals surface area contributed by atoms with Gasteiger partial charge in [0.15, 0.2) is 23.0 Å². The third-order valence-corrected chi connectivity index (χ3v) is 3.36. The van der Waals surface area contributed by atoms with E-state index in [-0.39, 0.29) is 17.2 Å². The van der Waals surface area contributed by atoms with E-state index in [0.29, 0.717) is 23.7 Å². The van der Waals surface area contributed by atoms with Crippen molar-refractivity contribution >= 4 is 11.6 Å². The third kappa shape index (κ3) is 4.75. The van der Waals surface area contributed by atoms with Gasteiger partial charge in [-0.05, 0) is 37.3 Å². The Kier molecular flexibility index (Phi) is 6.60.